The van der Waals surface area contributed by atoms with E-state index in [-0.39, 0.29) is 11.9 Å². The Kier molecular flexibility index (Phi) is 6.72. The highest BCUT2D eigenvalue weighted by molar-refractivity contribution is 7.99. The number of hydrogen-bond acceptors (Lipinski definition) is 2. The molecule has 1 N–H and O–H groups in total. The zero-order valence-corrected chi connectivity index (χ0v) is 12.6. The summed E-state index contributed by atoms with van der Waals surface area (Å²) in [5, 5.41) is 4.10. The molecule has 1 atom stereocenters. The van der Waals surface area contributed by atoms with E-state index in [0.29, 0.717) is 10.8 Å². The Bertz CT molecular complexity index is 366. The standard InChI is InChI=1S/C15H24FNS/c1-5-8-17-15(10-18-11(2)3)13-7-6-12(4)14(16)9-13/h6-7,9,11,15,17H,5,8,10H2,1-4H3. The largest absolute Gasteiger partial charge is 0.309 e. The van der Waals surface area contributed by atoms with E-state index in [4.69, 9.17) is 0 Å². The zero-order valence-electron chi connectivity index (χ0n) is 11.8. The van der Waals surface area contributed by atoms with Gasteiger partial charge in [-0.15, -0.1) is 0 Å². The van der Waals surface area contributed by atoms with Crippen molar-refractivity contribution in [2.24, 2.45) is 0 Å². The lowest BCUT2D eigenvalue weighted by Crippen LogP contribution is -2.24. The average Bonchev–Trinajstić information content (AvgIpc) is 2.33. The second-order valence-electron chi connectivity index (χ2n) is 4.90. The first-order valence-corrected chi connectivity index (χ1v) is 7.70. The van der Waals surface area contributed by atoms with Gasteiger partial charge in [0.1, 0.15) is 5.82 Å². The van der Waals surface area contributed by atoms with Crippen LogP contribution in [0.25, 0.3) is 0 Å². The van der Waals surface area contributed by atoms with Crippen LogP contribution >= 0.6 is 11.8 Å². The van der Waals surface area contributed by atoms with Crippen molar-refractivity contribution in [3.8, 4) is 0 Å². The van der Waals surface area contributed by atoms with Gasteiger partial charge >= 0.3 is 0 Å². The Hall–Kier alpha value is -0.540. The van der Waals surface area contributed by atoms with Crippen LogP contribution in [-0.4, -0.2) is 17.5 Å². The van der Waals surface area contributed by atoms with Crippen molar-refractivity contribution < 1.29 is 4.39 Å². The summed E-state index contributed by atoms with van der Waals surface area (Å²) in [6, 6.07) is 5.81. The quantitative estimate of drug-likeness (QED) is 0.791. The number of rotatable bonds is 7. The summed E-state index contributed by atoms with van der Waals surface area (Å²) < 4.78 is 13.6. The third kappa shape index (κ3) is 4.99. The van der Waals surface area contributed by atoms with Crippen LogP contribution in [-0.2, 0) is 0 Å². The molecule has 0 aliphatic heterocycles. The summed E-state index contributed by atoms with van der Waals surface area (Å²) in [7, 11) is 0. The Balaban J connectivity index is 2.76. The van der Waals surface area contributed by atoms with Crippen molar-refractivity contribution >= 4 is 11.8 Å². The molecule has 0 spiro atoms. The van der Waals surface area contributed by atoms with E-state index >= 15 is 0 Å². The summed E-state index contributed by atoms with van der Waals surface area (Å²) in [6.07, 6.45) is 1.09. The van der Waals surface area contributed by atoms with E-state index in [9.17, 15) is 4.39 Å². The number of aryl methyl sites for hydroxylation is 1. The fraction of sp³-hybridized carbons (Fsp3) is 0.600. The van der Waals surface area contributed by atoms with Crippen LogP contribution < -0.4 is 5.32 Å². The van der Waals surface area contributed by atoms with Crippen molar-refractivity contribution in [2.45, 2.75) is 45.4 Å². The van der Waals surface area contributed by atoms with Gasteiger partial charge in [-0.25, -0.2) is 4.39 Å². The first kappa shape index (κ1) is 15.5. The predicted octanol–water partition coefficient (Wildman–Crippen LogP) is 4.32. The smallest absolute Gasteiger partial charge is 0.126 e. The maximum Gasteiger partial charge on any atom is 0.126 e. The molecular formula is C15H24FNS. The second-order valence-corrected chi connectivity index (χ2v) is 6.51. The molecule has 1 unspecified atom stereocenters. The molecule has 18 heavy (non-hydrogen) atoms. The van der Waals surface area contributed by atoms with Gasteiger partial charge in [0.15, 0.2) is 0 Å². The SMILES string of the molecule is CCCNC(CSC(C)C)c1ccc(C)c(F)c1. The van der Waals surface area contributed by atoms with Gasteiger partial charge in [0.05, 0.1) is 0 Å². The molecule has 1 rings (SSSR count). The normalized spacial score (nSPS) is 13.0. The molecule has 0 fully saturated rings. The molecule has 0 bridgehead atoms. The van der Waals surface area contributed by atoms with Crippen LogP contribution in [0.4, 0.5) is 4.39 Å². The maximum absolute atomic E-state index is 13.6. The zero-order chi connectivity index (χ0) is 13.5. The molecule has 3 heteroatoms. The molecule has 1 aromatic carbocycles. The number of halogens is 1. The molecule has 0 amide bonds. The van der Waals surface area contributed by atoms with E-state index in [2.05, 4.69) is 26.1 Å². The fourth-order valence-electron chi connectivity index (χ4n) is 1.71. The van der Waals surface area contributed by atoms with Gasteiger partial charge < -0.3 is 5.32 Å². The molecule has 0 aliphatic carbocycles. The van der Waals surface area contributed by atoms with Crippen LogP contribution in [0.2, 0.25) is 0 Å². The van der Waals surface area contributed by atoms with Gasteiger partial charge in [0.2, 0.25) is 0 Å². The Morgan fingerprint density at radius 1 is 1.33 bits per heavy atom. The first-order chi connectivity index (χ1) is 8.54. The van der Waals surface area contributed by atoms with E-state index in [1.165, 1.54) is 0 Å². The van der Waals surface area contributed by atoms with E-state index < -0.39 is 0 Å². The number of nitrogens with one attached hydrogen (secondary N) is 1. The topological polar surface area (TPSA) is 12.0 Å². The van der Waals surface area contributed by atoms with E-state index in [0.717, 1.165) is 24.3 Å². The van der Waals surface area contributed by atoms with Crippen LogP contribution in [0, 0.1) is 12.7 Å². The molecule has 102 valence electrons. The molecular weight excluding hydrogens is 245 g/mol. The van der Waals surface area contributed by atoms with Crippen LogP contribution in [0.15, 0.2) is 18.2 Å². The molecule has 1 nitrogen and oxygen atoms in total. The van der Waals surface area contributed by atoms with Gasteiger partial charge in [-0.05, 0) is 42.3 Å². The minimum atomic E-state index is -0.106. The minimum Gasteiger partial charge on any atom is -0.309 e. The van der Waals surface area contributed by atoms with E-state index in [1.807, 2.05) is 23.9 Å². The van der Waals surface area contributed by atoms with Crippen LogP contribution in [0.5, 0.6) is 0 Å². The summed E-state index contributed by atoms with van der Waals surface area (Å²) in [5.74, 6) is 0.880. The highest BCUT2D eigenvalue weighted by Gasteiger charge is 2.13. The summed E-state index contributed by atoms with van der Waals surface area (Å²) in [5.41, 5.74) is 1.77. The van der Waals surface area contributed by atoms with Crippen molar-refractivity contribution in [3.63, 3.8) is 0 Å². The molecule has 0 aromatic heterocycles. The van der Waals surface area contributed by atoms with Gasteiger partial charge in [0, 0.05) is 11.8 Å². The molecule has 0 aliphatic rings. The van der Waals surface area contributed by atoms with Gasteiger partial charge in [-0.3, -0.25) is 0 Å². The van der Waals surface area contributed by atoms with Gasteiger partial charge in [0.25, 0.3) is 0 Å². The number of thioether (sulfide) groups is 1. The minimum absolute atomic E-state index is 0.106. The molecule has 0 saturated carbocycles. The third-order valence-electron chi connectivity index (χ3n) is 2.84. The molecule has 0 radical (unpaired) electrons. The number of benzene rings is 1. The van der Waals surface area contributed by atoms with Crippen LogP contribution in [0.3, 0.4) is 0 Å². The maximum atomic E-state index is 13.6. The van der Waals surface area contributed by atoms with E-state index in [1.54, 1.807) is 13.0 Å². The van der Waals surface area contributed by atoms with Gasteiger partial charge in [-0.1, -0.05) is 32.9 Å². The van der Waals surface area contributed by atoms with Gasteiger partial charge in [-0.2, -0.15) is 11.8 Å². The van der Waals surface area contributed by atoms with Crippen molar-refractivity contribution in [2.75, 3.05) is 12.3 Å². The Morgan fingerprint density at radius 3 is 2.61 bits per heavy atom. The highest BCUT2D eigenvalue weighted by atomic mass is 32.2. The Labute approximate surface area is 115 Å². The van der Waals surface area contributed by atoms with Crippen molar-refractivity contribution in [1.29, 1.82) is 0 Å². The summed E-state index contributed by atoms with van der Waals surface area (Å²) in [6.45, 7) is 9.30. The van der Waals surface area contributed by atoms with Crippen molar-refractivity contribution in [3.05, 3.63) is 35.1 Å². The molecule has 0 heterocycles. The number of hydrogen-bond donors (Lipinski definition) is 1. The average molecular weight is 269 g/mol. The monoisotopic (exact) mass is 269 g/mol. The lowest BCUT2D eigenvalue weighted by atomic mass is 10.1. The summed E-state index contributed by atoms with van der Waals surface area (Å²) >= 11 is 1.91. The third-order valence-corrected chi connectivity index (χ3v) is 4.03. The predicted molar refractivity (Wildman–Crippen MR) is 79.8 cm³/mol. The van der Waals surface area contributed by atoms with Crippen molar-refractivity contribution in [1.82, 2.24) is 5.32 Å². The highest BCUT2D eigenvalue weighted by Crippen LogP contribution is 2.23. The lowest BCUT2D eigenvalue weighted by molar-refractivity contribution is 0.566. The Morgan fingerprint density at radius 2 is 2.06 bits per heavy atom. The second kappa shape index (κ2) is 7.80. The van der Waals surface area contributed by atoms with Crippen LogP contribution in [0.1, 0.15) is 44.4 Å². The lowest BCUT2D eigenvalue weighted by Gasteiger charge is -2.20. The fourth-order valence-corrected chi connectivity index (χ4v) is 2.59. The molecule has 1 aromatic rings. The summed E-state index contributed by atoms with van der Waals surface area (Å²) in [4.78, 5) is 0. The first-order valence-electron chi connectivity index (χ1n) is 6.65. The molecule has 0 saturated heterocycles.